The van der Waals surface area contributed by atoms with Crippen LogP contribution in [0.5, 0.6) is 0 Å². The Kier molecular flexibility index (Phi) is 4.15. The largest absolute Gasteiger partial charge is 0.358 e. The summed E-state index contributed by atoms with van der Waals surface area (Å²) in [5, 5.41) is 13.4. The molecule has 2 aromatic rings. The third-order valence-corrected chi connectivity index (χ3v) is 3.95. The molecule has 0 atom stereocenters. The Hall–Kier alpha value is -2.12. The molecule has 0 saturated carbocycles. The van der Waals surface area contributed by atoms with Gasteiger partial charge in [-0.25, -0.2) is 0 Å². The highest BCUT2D eigenvalue weighted by atomic mass is 35.5. The lowest BCUT2D eigenvalue weighted by Gasteiger charge is -2.16. The number of hydrogen-bond donors (Lipinski definition) is 0. The second kappa shape index (κ2) is 5.71. The highest BCUT2D eigenvalue weighted by molar-refractivity contribution is 6.32. The highest BCUT2D eigenvalue weighted by Gasteiger charge is 2.28. The lowest BCUT2D eigenvalue weighted by Crippen LogP contribution is -2.10. The summed E-state index contributed by atoms with van der Waals surface area (Å²) in [6.45, 7) is 7.27. The number of hydrogen-bond acceptors (Lipinski definition) is 4. The number of aryl methyl sites for hydroxylation is 3. The molecule has 0 aliphatic rings. The quantitative estimate of drug-likeness (QED) is 0.812. The van der Waals surface area contributed by atoms with Gasteiger partial charge in [0.1, 0.15) is 17.2 Å². The number of carbonyl (C=O) groups is 1. The Balaban J connectivity index is 2.72. The van der Waals surface area contributed by atoms with Gasteiger partial charge < -0.3 is 9.32 Å². The van der Waals surface area contributed by atoms with Crippen molar-refractivity contribution < 1.29 is 9.32 Å². The zero-order valence-corrected chi connectivity index (χ0v) is 13.0. The minimum absolute atomic E-state index is 0.239. The number of nitrogens with zero attached hydrogens (tertiary/aromatic N) is 2. The molecule has 1 aromatic carbocycles. The van der Waals surface area contributed by atoms with Crippen LogP contribution in [0.3, 0.4) is 0 Å². The highest BCUT2D eigenvalue weighted by Crippen LogP contribution is 2.35. The topological polar surface area (TPSA) is 66.9 Å². The maximum atomic E-state index is 11.6. The number of halogens is 1. The van der Waals surface area contributed by atoms with E-state index in [9.17, 15) is 10.1 Å². The number of benzene rings is 1. The standard InChI is InChI=1S/C16H14ClN2O2/c1-8-5-9(2)14(10(3)12(8)6-18)13(7-20)16-15(17)11(4)19-21-16/h5,7H,1-4H3. The van der Waals surface area contributed by atoms with Gasteiger partial charge in [0, 0.05) is 0 Å². The van der Waals surface area contributed by atoms with Gasteiger partial charge in [0.25, 0.3) is 0 Å². The predicted molar refractivity (Wildman–Crippen MR) is 79.1 cm³/mol. The van der Waals surface area contributed by atoms with Crippen molar-refractivity contribution >= 4 is 17.9 Å². The fraction of sp³-hybridized carbons (Fsp3) is 0.250. The van der Waals surface area contributed by atoms with E-state index in [1.807, 2.05) is 26.8 Å². The summed E-state index contributed by atoms with van der Waals surface area (Å²) in [7, 11) is 0. The van der Waals surface area contributed by atoms with Crippen LogP contribution in [0.25, 0.3) is 0 Å². The average molecular weight is 302 g/mol. The average Bonchev–Trinajstić information content (AvgIpc) is 2.75. The Labute approximate surface area is 128 Å². The molecule has 0 spiro atoms. The Morgan fingerprint density at radius 1 is 1.33 bits per heavy atom. The first-order valence-corrected chi connectivity index (χ1v) is 6.75. The molecule has 0 aliphatic carbocycles. The molecule has 1 heterocycles. The minimum atomic E-state index is 0.239. The van der Waals surface area contributed by atoms with Gasteiger partial charge in [-0.1, -0.05) is 22.8 Å². The number of aldehydes is 1. The smallest absolute Gasteiger partial charge is 0.175 e. The summed E-state index contributed by atoms with van der Waals surface area (Å²) >= 11 is 6.14. The summed E-state index contributed by atoms with van der Waals surface area (Å²) in [5.41, 5.74) is 4.25. The molecule has 0 N–H and O–H groups in total. The summed E-state index contributed by atoms with van der Waals surface area (Å²) in [6, 6.07) is 4.05. The summed E-state index contributed by atoms with van der Waals surface area (Å²) in [5.74, 6) is 0.551. The molecule has 0 aliphatic heterocycles. The first-order chi connectivity index (χ1) is 9.92. The van der Waals surface area contributed by atoms with Gasteiger partial charge in [-0.15, -0.1) is 0 Å². The van der Waals surface area contributed by atoms with E-state index in [0.29, 0.717) is 34.0 Å². The second-order valence-corrected chi connectivity index (χ2v) is 5.32. The van der Waals surface area contributed by atoms with Gasteiger partial charge in [0.15, 0.2) is 5.76 Å². The van der Waals surface area contributed by atoms with Crippen LogP contribution >= 0.6 is 11.6 Å². The molecule has 1 radical (unpaired) electrons. The first-order valence-electron chi connectivity index (χ1n) is 6.37. The van der Waals surface area contributed by atoms with Crippen molar-refractivity contribution in [3.63, 3.8) is 0 Å². The number of carbonyl (C=O) groups excluding carboxylic acids is 1. The SMILES string of the molecule is Cc1cc(C)c([C](C=O)c2onc(C)c2Cl)c(C)c1C#N. The van der Waals surface area contributed by atoms with Gasteiger partial charge in [-0.3, -0.25) is 0 Å². The zero-order chi connectivity index (χ0) is 15.7. The monoisotopic (exact) mass is 301 g/mol. The number of rotatable bonds is 3. The zero-order valence-electron chi connectivity index (χ0n) is 12.2. The number of aromatic nitrogens is 1. The molecule has 0 amide bonds. The van der Waals surface area contributed by atoms with Crippen molar-refractivity contribution in [2.45, 2.75) is 27.7 Å². The summed E-state index contributed by atoms with van der Waals surface area (Å²) < 4.78 is 5.18. The summed E-state index contributed by atoms with van der Waals surface area (Å²) in [6.07, 6.45) is 0.692. The van der Waals surface area contributed by atoms with Crippen LogP contribution in [0, 0.1) is 44.9 Å². The lowest BCUT2D eigenvalue weighted by molar-refractivity contribution is -0.105. The molecular weight excluding hydrogens is 288 g/mol. The van der Waals surface area contributed by atoms with E-state index in [1.54, 1.807) is 6.92 Å². The first kappa shape index (κ1) is 15.3. The van der Waals surface area contributed by atoms with Crippen LogP contribution in [0.1, 0.15) is 39.3 Å². The van der Waals surface area contributed by atoms with Gasteiger partial charge in [0.2, 0.25) is 0 Å². The van der Waals surface area contributed by atoms with E-state index in [4.69, 9.17) is 16.1 Å². The fourth-order valence-corrected chi connectivity index (χ4v) is 2.69. The third-order valence-electron chi connectivity index (χ3n) is 3.51. The fourth-order valence-electron chi connectivity index (χ4n) is 2.52. The number of nitriles is 1. The van der Waals surface area contributed by atoms with Crippen LogP contribution in [0.15, 0.2) is 10.6 Å². The summed E-state index contributed by atoms with van der Waals surface area (Å²) in [4.78, 5) is 11.6. The molecule has 0 unspecified atom stereocenters. The molecule has 1 aromatic heterocycles. The maximum Gasteiger partial charge on any atom is 0.175 e. The van der Waals surface area contributed by atoms with E-state index in [2.05, 4.69) is 11.2 Å². The van der Waals surface area contributed by atoms with Crippen LogP contribution in [-0.2, 0) is 4.79 Å². The van der Waals surface area contributed by atoms with Crippen molar-refractivity contribution in [1.29, 1.82) is 5.26 Å². The molecule has 0 fully saturated rings. The van der Waals surface area contributed by atoms with Crippen molar-refractivity contribution in [2.75, 3.05) is 0 Å². The molecule has 107 valence electrons. The Morgan fingerprint density at radius 2 is 2.00 bits per heavy atom. The van der Waals surface area contributed by atoms with Crippen molar-refractivity contribution in [1.82, 2.24) is 5.16 Å². The van der Waals surface area contributed by atoms with Gasteiger partial charge in [-0.2, -0.15) is 5.26 Å². The van der Waals surface area contributed by atoms with Crippen LogP contribution < -0.4 is 0 Å². The second-order valence-electron chi connectivity index (χ2n) is 4.94. The van der Waals surface area contributed by atoms with E-state index in [-0.39, 0.29) is 5.76 Å². The van der Waals surface area contributed by atoms with Crippen molar-refractivity contribution in [2.24, 2.45) is 0 Å². The van der Waals surface area contributed by atoms with Crippen molar-refractivity contribution in [3.05, 3.63) is 56.3 Å². The molecule has 2 rings (SSSR count). The predicted octanol–water partition coefficient (Wildman–Crippen LogP) is 3.60. The Bertz CT molecular complexity index is 757. The van der Waals surface area contributed by atoms with E-state index >= 15 is 0 Å². The van der Waals surface area contributed by atoms with E-state index < -0.39 is 0 Å². The van der Waals surface area contributed by atoms with Crippen LogP contribution in [0.4, 0.5) is 0 Å². The normalized spacial score (nSPS) is 10.7. The van der Waals surface area contributed by atoms with Gasteiger partial charge in [-0.05, 0) is 49.9 Å². The molecule has 0 bridgehead atoms. The van der Waals surface area contributed by atoms with E-state index in [1.165, 1.54) is 0 Å². The minimum Gasteiger partial charge on any atom is -0.358 e. The lowest BCUT2D eigenvalue weighted by atomic mass is 9.85. The van der Waals surface area contributed by atoms with Gasteiger partial charge >= 0.3 is 0 Å². The molecule has 4 nitrogen and oxygen atoms in total. The molecule has 21 heavy (non-hydrogen) atoms. The van der Waals surface area contributed by atoms with E-state index in [0.717, 1.165) is 16.7 Å². The maximum absolute atomic E-state index is 11.6. The molecular formula is C16H14ClN2O2. The molecule has 5 heteroatoms. The third kappa shape index (κ3) is 2.45. The molecule has 0 saturated heterocycles. The van der Waals surface area contributed by atoms with Crippen LogP contribution in [-0.4, -0.2) is 11.4 Å². The van der Waals surface area contributed by atoms with Crippen molar-refractivity contribution in [3.8, 4) is 6.07 Å². The van der Waals surface area contributed by atoms with Crippen LogP contribution in [0.2, 0.25) is 5.02 Å². The Morgan fingerprint density at radius 3 is 2.48 bits per heavy atom. The van der Waals surface area contributed by atoms with Gasteiger partial charge in [0.05, 0.1) is 17.3 Å².